The van der Waals surface area contributed by atoms with E-state index in [1.807, 2.05) is 6.07 Å². The molecule has 130 valence electrons. The maximum absolute atomic E-state index is 12.1. The van der Waals surface area contributed by atoms with Gasteiger partial charge in [-0.1, -0.05) is 6.07 Å². The van der Waals surface area contributed by atoms with Gasteiger partial charge in [0.15, 0.2) is 0 Å². The minimum Gasteiger partial charge on any atom is -0.336 e. The molecule has 2 aromatic rings. The van der Waals surface area contributed by atoms with Gasteiger partial charge in [-0.3, -0.25) is 10.00 Å². The predicted molar refractivity (Wildman–Crippen MR) is 95.0 cm³/mol. The van der Waals surface area contributed by atoms with Crippen molar-refractivity contribution in [2.75, 3.05) is 39.8 Å². The van der Waals surface area contributed by atoms with E-state index < -0.39 is 0 Å². The van der Waals surface area contributed by atoms with Crippen LogP contribution in [0.5, 0.6) is 0 Å². The van der Waals surface area contributed by atoms with Crippen molar-refractivity contribution in [2.24, 2.45) is 0 Å². The zero-order valence-corrected chi connectivity index (χ0v) is 14.7. The topological polar surface area (TPSA) is 76.3 Å². The first-order chi connectivity index (χ1) is 11.7. The molecule has 0 saturated carbocycles. The van der Waals surface area contributed by atoms with Gasteiger partial charge in [0, 0.05) is 43.8 Å². The highest BCUT2D eigenvalue weighted by atomic mass is 32.1. The fourth-order valence-corrected chi connectivity index (χ4v) is 3.70. The lowest BCUT2D eigenvalue weighted by atomic mass is 10.1. The molecule has 0 bridgehead atoms. The first-order valence-electron chi connectivity index (χ1n) is 8.18. The molecule has 3 heterocycles. The van der Waals surface area contributed by atoms with Crippen molar-refractivity contribution < 1.29 is 4.79 Å². The molecular formula is C16H24N6OS. The first kappa shape index (κ1) is 16.9. The van der Waals surface area contributed by atoms with Gasteiger partial charge in [0.05, 0.1) is 18.3 Å². The quantitative estimate of drug-likeness (QED) is 0.735. The third kappa shape index (κ3) is 4.56. The van der Waals surface area contributed by atoms with Gasteiger partial charge in [0.25, 0.3) is 0 Å². The average Bonchev–Trinajstić information content (AvgIpc) is 3.28. The minimum atomic E-state index is -0.153. The first-order valence-corrected chi connectivity index (χ1v) is 9.06. The number of H-pyrrole nitrogens is 1. The normalized spacial score (nSPS) is 17.5. The summed E-state index contributed by atoms with van der Waals surface area (Å²) < 4.78 is 0. The van der Waals surface area contributed by atoms with Gasteiger partial charge in [0.2, 0.25) is 0 Å². The number of hydrogen-bond donors (Lipinski definition) is 3. The van der Waals surface area contributed by atoms with Gasteiger partial charge in [-0.15, -0.1) is 11.3 Å². The molecule has 0 unspecified atom stereocenters. The summed E-state index contributed by atoms with van der Waals surface area (Å²) in [6, 6.07) is 6.15. The van der Waals surface area contributed by atoms with Crippen LogP contribution in [0.3, 0.4) is 0 Å². The second-order valence-corrected chi connectivity index (χ2v) is 7.00. The van der Waals surface area contributed by atoms with Crippen molar-refractivity contribution in [3.8, 4) is 0 Å². The lowest BCUT2D eigenvalue weighted by Gasteiger charge is -2.37. The van der Waals surface area contributed by atoms with Gasteiger partial charge >= 0.3 is 6.03 Å². The van der Waals surface area contributed by atoms with E-state index in [9.17, 15) is 4.79 Å². The number of carbonyl (C=O) groups is 1. The highest BCUT2D eigenvalue weighted by Gasteiger charge is 2.25. The van der Waals surface area contributed by atoms with Crippen LogP contribution in [-0.2, 0) is 6.54 Å². The van der Waals surface area contributed by atoms with Gasteiger partial charge in [-0.25, -0.2) is 4.79 Å². The predicted octanol–water partition coefficient (Wildman–Crippen LogP) is 1.26. The molecule has 1 fully saturated rings. The van der Waals surface area contributed by atoms with E-state index in [1.165, 1.54) is 4.88 Å². The number of nitrogens with one attached hydrogen (secondary N) is 3. The average molecular weight is 348 g/mol. The summed E-state index contributed by atoms with van der Waals surface area (Å²) in [5.41, 5.74) is 0.888. The minimum absolute atomic E-state index is 0.153. The lowest BCUT2D eigenvalue weighted by molar-refractivity contribution is 0.112. The van der Waals surface area contributed by atoms with E-state index in [2.05, 4.69) is 55.2 Å². The molecule has 1 aliphatic rings. The Morgan fingerprint density at radius 2 is 2.17 bits per heavy atom. The molecular weight excluding hydrogens is 324 g/mol. The van der Waals surface area contributed by atoms with E-state index in [0.29, 0.717) is 13.1 Å². The van der Waals surface area contributed by atoms with Gasteiger partial charge < -0.3 is 15.5 Å². The Morgan fingerprint density at radius 3 is 2.83 bits per heavy atom. The summed E-state index contributed by atoms with van der Waals surface area (Å²) in [7, 11) is 2.15. The van der Waals surface area contributed by atoms with E-state index in [4.69, 9.17) is 0 Å². The van der Waals surface area contributed by atoms with Crippen LogP contribution in [0.1, 0.15) is 16.6 Å². The van der Waals surface area contributed by atoms with Crippen LogP contribution < -0.4 is 10.6 Å². The highest BCUT2D eigenvalue weighted by Crippen LogP contribution is 2.25. The summed E-state index contributed by atoms with van der Waals surface area (Å²) in [6.07, 6.45) is 1.68. The molecule has 0 aliphatic carbocycles. The largest absolute Gasteiger partial charge is 0.336 e. The van der Waals surface area contributed by atoms with E-state index in [1.54, 1.807) is 17.5 Å². The Balaban J connectivity index is 1.53. The molecule has 1 saturated heterocycles. The van der Waals surface area contributed by atoms with Crippen molar-refractivity contribution in [3.63, 3.8) is 0 Å². The number of piperazine rings is 1. The zero-order chi connectivity index (χ0) is 16.8. The number of hydrogen-bond acceptors (Lipinski definition) is 5. The molecule has 3 rings (SSSR count). The van der Waals surface area contributed by atoms with Crippen molar-refractivity contribution in [1.82, 2.24) is 30.6 Å². The number of nitrogens with zero attached hydrogens (tertiary/aromatic N) is 3. The molecule has 0 aromatic carbocycles. The Hall–Kier alpha value is -1.90. The third-order valence-corrected chi connectivity index (χ3v) is 5.28. The van der Waals surface area contributed by atoms with Crippen molar-refractivity contribution in [2.45, 2.75) is 12.6 Å². The Bertz CT molecular complexity index is 607. The molecule has 0 spiro atoms. The molecule has 2 amide bonds. The molecule has 2 aromatic heterocycles. The van der Waals surface area contributed by atoms with Crippen LogP contribution in [0, 0.1) is 0 Å². The maximum atomic E-state index is 12.1. The number of rotatable bonds is 6. The highest BCUT2D eigenvalue weighted by molar-refractivity contribution is 7.10. The fourth-order valence-electron chi connectivity index (χ4n) is 2.83. The Kier molecular flexibility index (Phi) is 5.84. The zero-order valence-electron chi connectivity index (χ0n) is 13.9. The summed E-state index contributed by atoms with van der Waals surface area (Å²) in [5, 5.41) is 14.7. The molecule has 7 nitrogen and oxygen atoms in total. The monoisotopic (exact) mass is 348 g/mol. The van der Waals surface area contributed by atoms with Gasteiger partial charge in [0.1, 0.15) is 0 Å². The van der Waals surface area contributed by atoms with Gasteiger partial charge in [-0.2, -0.15) is 5.10 Å². The number of thiophene rings is 1. The van der Waals surface area contributed by atoms with Crippen molar-refractivity contribution in [1.29, 1.82) is 0 Å². The molecule has 8 heteroatoms. The van der Waals surface area contributed by atoms with Crippen LogP contribution in [0.2, 0.25) is 0 Å². The number of amides is 2. The third-order valence-electron chi connectivity index (χ3n) is 4.30. The Morgan fingerprint density at radius 1 is 1.33 bits per heavy atom. The fraction of sp³-hybridized carbons (Fsp3) is 0.500. The number of aromatic amines is 1. The molecule has 1 aliphatic heterocycles. The standard InChI is InChI=1S/C16H24N6OS/c1-21-6-8-22(9-7-21)14(15-3-2-10-24-15)12-18-16(23)17-11-13-4-5-19-20-13/h2-5,10,14H,6-9,11-12H2,1H3,(H,19,20)(H2,17,18,23)/t14-/m1/s1. The second-order valence-electron chi connectivity index (χ2n) is 6.02. The van der Waals surface area contributed by atoms with E-state index in [-0.39, 0.29) is 12.1 Å². The van der Waals surface area contributed by atoms with E-state index in [0.717, 1.165) is 31.9 Å². The van der Waals surface area contributed by atoms with Gasteiger partial charge in [-0.05, 0) is 24.6 Å². The number of likely N-dealkylation sites (N-methyl/N-ethyl adjacent to an activating group) is 1. The van der Waals surface area contributed by atoms with Crippen LogP contribution in [0.15, 0.2) is 29.8 Å². The SMILES string of the molecule is CN1CCN([C@H](CNC(=O)NCc2ccn[nH]2)c2cccs2)CC1. The molecule has 1 atom stereocenters. The summed E-state index contributed by atoms with van der Waals surface area (Å²) in [4.78, 5) is 18.2. The molecule has 3 N–H and O–H groups in total. The number of carbonyl (C=O) groups excluding carboxylic acids is 1. The second kappa shape index (κ2) is 8.27. The van der Waals surface area contributed by atoms with Crippen LogP contribution in [0.25, 0.3) is 0 Å². The smallest absolute Gasteiger partial charge is 0.315 e. The maximum Gasteiger partial charge on any atom is 0.315 e. The molecule has 0 radical (unpaired) electrons. The summed E-state index contributed by atoms with van der Waals surface area (Å²) in [5.74, 6) is 0. The number of aromatic nitrogens is 2. The molecule has 24 heavy (non-hydrogen) atoms. The van der Waals surface area contributed by atoms with Crippen LogP contribution >= 0.6 is 11.3 Å². The van der Waals surface area contributed by atoms with Crippen molar-refractivity contribution in [3.05, 3.63) is 40.3 Å². The van der Waals surface area contributed by atoms with Crippen LogP contribution in [-0.4, -0.2) is 65.8 Å². The van der Waals surface area contributed by atoms with E-state index >= 15 is 0 Å². The van der Waals surface area contributed by atoms with Crippen molar-refractivity contribution >= 4 is 17.4 Å². The summed E-state index contributed by atoms with van der Waals surface area (Å²) >= 11 is 1.75. The lowest BCUT2D eigenvalue weighted by Crippen LogP contribution is -2.49. The number of urea groups is 1. The summed E-state index contributed by atoms with van der Waals surface area (Å²) in [6.45, 7) is 5.23. The Labute approximate surface area is 146 Å². The van der Waals surface area contributed by atoms with Crippen LogP contribution in [0.4, 0.5) is 4.79 Å².